The molecule has 3 N–H and O–H groups in total. The van der Waals surface area contributed by atoms with Crippen LogP contribution in [0.3, 0.4) is 0 Å². The van der Waals surface area contributed by atoms with Crippen LogP contribution in [0, 0.1) is 0 Å². The molecule has 0 unspecified atom stereocenters. The maximum atomic E-state index is 12.3. The minimum Gasteiger partial charge on any atom is -0.313 e. The summed E-state index contributed by atoms with van der Waals surface area (Å²) in [6.07, 6.45) is 4.71. The molecular weight excluding hydrogens is 276 g/mol. The Morgan fingerprint density at radius 3 is 2.55 bits per heavy atom. The third kappa shape index (κ3) is 3.55. The van der Waals surface area contributed by atoms with Crippen LogP contribution in [0.25, 0.3) is 5.57 Å². The van der Waals surface area contributed by atoms with Crippen molar-refractivity contribution in [3.63, 3.8) is 0 Å². The van der Waals surface area contributed by atoms with E-state index < -0.39 is 0 Å². The lowest BCUT2D eigenvalue weighted by atomic mass is 10.00. The van der Waals surface area contributed by atoms with Gasteiger partial charge in [-0.2, -0.15) is 0 Å². The predicted octanol–water partition coefficient (Wildman–Crippen LogP) is 2.72. The van der Waals surface area contributed by atoms with Crippen LogP contribution >= 0.6 is 0 Å². The highest BCUT2D eigenvalue weighted by atomic mass is 16.2. The number of amides is 2. The summed E-state index contributed by atoms with van der Waals surface area (Å²) in [6, 6.07) is 7.55. The van der Waals surface area contributed by atoms with Crippen molar-refractivity contribution in [2.75, 3.05) is 18.0 Å². The molecule has 0 aromatic heterocycles. The van der Waals surface area contributed by atoms with Crippen molar-refractivity contribution in [3.05, 3.63) is 48.7 Å². The molecule has 2 amide bonds. The fraction of sp³-hybridized carbons (Fsp3) is 0.353. The number of nitrogens with two attached hydrogens (primary N) is 1. The van der Waals surface area contributed by atoms with E-state index in [0.29, 0.717) is 0 Å². The molecule has 5 heteroatoms. The van der Waals surface area contributed by atoms with Gasteiger partial charge in [0.2, 0.25) is 0 Å². The molecule has 22 heavy (non-hydrogen) atoms. The van der Waals surface area contributed by atoms with E-state index in [4.69, 9.17) is 5.84 Å². The lowest BCUT2D eigenvalue weighted by molar-refractivity contribution is 0.194. The summed E-state index contributed by atoms with van der Waals surface area (Å²) in [6.45, 7) is 9.36. The van der Waals surface area contributed by atoms with Gasteiger partial charge in [0.1, 0.15) is 0 Å². The van der Waals surface area contributed by atoms with E-state index in [1.165, 1.54) is 27.2 Å². The van der Waals surface area contributed by atoms with Crippen LogP contribution in [0.5, 0.6) is 0 Å². The zero-order valence-corrected chi connectivity index (χ0v) is 13.2. The number of hydrogen-bond acceptors (Lipinski definition) is 3. The van der Waals surface area contributed by atoms with Gasteiger partial charge in [-0.05, 0) is 50.1 Å². The fourth-order valence-electron chi connectivity index (χ4n) is 2.36. The number of urea groups is 1. The van der Waals surface area contributed by atoms with Crippen molar-refractivity contribution in [2.24, 2.45) is 5.84 Å². The third-order valence-electron chi connectivity index (χ3n) is 3.75. The van der Waals surface area contributed by atoms with Gasteiger partial charge in [-0.1, -0.05) is 24.8 Å². The second-order valence-corrected chi connectivity index (χ2v) is 5.57. The zero-order valence-electron chi connectivity index (χ0n) is 13.2. The number of carbonyl (C=O) groups excluding carboxylic acids is 1. The van der Waals surface area contributed by atoms with E-state index in [-0.39, 0.29) is 12.1 Å². The van der Waals surface area contributed by atoms with E-state index >= 15 is 0 Å². The standard InChI is InChI=1S/C17H24N4O/c1-4-20(17(22)21(18)13(2)3)16-7-5-14(6-8-16)15-9-11-19-12-10-15/h4-9,13,19H,1,10-12,18H2,2-3H3. The zero-order chi connectivity index (χ0) is 16.1. The number of hydrazine groups is 1. The summed E-state index contributed by atoms with van der Waals surface area (Å²) in [5.41, 5.74) is 3.29. The fourth-order valence-corrected chi connectivity index (χ4v) is 2.36. The first kappa shape index (κ1) is 16.3. The average Bonchev–Trinajstić information content (AvgIpc) is 2.56. The average molecular weight is 300 g/mol. The predicted molar refractivity (Wildman–Crippen MR) is 91.1 cm³/mol. The minimum atomic E-state index is -0.293. The number of nitrogens with one attached hydrogen (secondary N) is 1. The van der Waals surface area contributed by atoms with Gasteiger partial charge in [0, 0.05) is 18.8 Å². The van der Waals surface area contributed by atoms with Crippen molar-refractivity contribution in [3.8, 4) is 0 Å². The summed E-state index contributed by atoms with van der Waals surface area (Å²) in [4.78, 5) is 13.8. The van der Waals surface area contributed by atoms with E-state index in [0.717, 1.165) is 25.2 Å². The largest absolute Gasteiger partial charge is 0.342 e. The van der Waals surface area contributed by atoms with E-state index in [1.54, 1.807) is 0 Å². The van der Waals surface area contributed by atoms with Gasteiger partial charge in [-0.15, -0.1) is 0 Å². The molecular formula is C17H24N4O. The summed E-state index contributed by atoms with van der Waals surface area (Å²) < 4.78 is 0. The maximum Gasteiger partial charge on any atom is 0.342 e. The van der Waals surface area contributed by atoms with Crippen LogP contribution in [-0.4, -0.2) is 30.2 Å². The molecule has 2 rings (SSSR count). The van der Waals surface area contributed by atoms with Gasteiger partial charge in [-0.25, -0.2) is 10.6 Å². The molecule has 0 fully saturated rings. The smallest absolute Gasteiger partial charge is 0.313 e. The monoisotopic (exact) mass is 300 g/mol. The Labute approximate surface area is 132 Å². The maximum absolute atomic E-state index is 12.3. The van der Waals surface area contributed by atoms with Crippen LogP contribution in [0.1, 0.15) is 25.8 Å². The highest BCUT2D eigenvalue weighted by Crippen LogP contribution is 2.24. The van der Waals surface area contributed by atoms with Gasteiger partial charge in [-0.3, -0.25) is 9.91 Å². The summed E-state index contributed by atoms with van der Waals surface area (Å²) >= 11 is 0. The normalized spacial score (nSPS) is 14.5. The van der Waals surface area contributed by atoms with E-state index in [2.05, 4.69) is 18.0 Å². The van der Waals surface area contributed by atoms with Gasteiger partial charge < -0.3 is 5.32 Å². The molecule has 0 radical (unpaired) electrons. The number of carbonyl (C=O) groups is 1. The number of hydrogen-bond donors (Lipinski definition) is 2. The van der Waals surface area contributed by atoms with Gasteiger partial charge >= 0.3 is 6.03 Å². The number of anilines is 1. The first-order valence-corrected chi connectivity index (χ1v) is 7.54. The SMILES string of the molecule is C=CN(C(=O)N(N)C(C)C)c1ccc(C2=CCNCC2)cc1. The Bertz CT molecular complexity index is 563. The minimum absolute atomic E-state index is 0.0749. The lowest BCUT2D eigenvalue weighted by Gasteiger charge is -2.27. The molecule has 0 bridgehead atoms. The Balaban J connectivity index is 2.18. The molecule has 0 spiro atoms. The molecule has 1 aliphatic heterocycles. The molecule has 0 saturated carbocycles. The van der Waals surface area contributed by atoms with Crippen molar-refractivity contribution in [1.29, 1.82) is 0 Å². The third-order valence-corrected chi connectivity index (χ3v) is 3.75. The van der Waals surface area contributed by atoms with Crippen molar-refractivity contribution in [2.45, 2.75) is 26.3 Å². The highest BCUT2D eigenvalue weighted by Gasteiger charge is 2.20. The Kier molecular flexibility index (Phi) is 5.35. The Morgan fingerprint density at radius 2 is 2.05 bits per heavy atom. The summed E-state index contributed by atoms with van der Waals surface area (Å²) in [5, 5.41) is 4.50. The Morgan fingerprint density at radius 1 is 1.36 bits per heavy atom. The van der Waals surface area contributed by atoms with Crippen molar-refractivity contribution in [1.82, 2.24) is 10.3 Å². The molecule has 5 nitrogen and oxygen atoms in total. The first-order valence-electron chi connectivity index (χ1n) is 7.54. The first-order chi connectivity index (χ1) is 10.5. The highest BCUT2D eigenvalue weighted by molar-refractivity contribution is 5.93. The molecule has 0 saturated heterocycles. The second kappa shape index (κ2) is 7.24. The Hall–Kier alpha value is -2.11. The quantitative estimate of drug-likeness (QED) is 0.510. The number of benzene rings is 1. The molecule has 0 atom stereocenters. The lowest BCUT2D eigenvalue weighted by Crippen LogP contribution is -2.48. The number of nitrogens with zero attached hydrogens (tertiary/aromatic N) is 2. The van der Waals surface area contributed by atoms with Gasteiger partial charge in [0.25, 0.3) is 0 Å². The molecule has 118 valence electrons. The molecule has 0 aliphatic carbocycles. The van der Waals surface area contributed by atoms with Crippen LogP contribution in [0.15, 0.2) is 43.1 Å². The second-order valence-electron chi connectivity index (χ2n) is 5.57. The molecule has 1 aromatic rings. The van der Waals surface area contributed by atoms with Gasteiger partial charge in [0.15, 0.2) is 0 Å². The van der Waals surface area contributed by atoms with E-state index in [1.807, 2.05) is 38.1 Å². The molecule has 1 aliphatic rings. The van der Waals surface area contributed by atoms with Crippen LogP contribution < -0.4 is 16.1 Å². The van der Waals surface area contributed by atoms with Crippen LogP contribution in [0.4, 0.5) is 10.5 Å². The summed E-state index contributed by atoms with van der Waals surface area (Å²) in [5.74, 6) is 5.80. The van der Waals surface area contributed by atoms with Crippen molar-refractivity contribution >= 4 is 17.3 Å². The van der Waals surface area contributed by atoms with Crippen LogP contribution in [-0.2, 0) is 0 Å². The van der Waals surface area contributed by atoms with Crippen molar-refractivity contribution < 1.29 is 4.79 Å². The molecule has 1 heterocycles. The van der Waals surface area contributed by atoms with Crippen LogP contribution in [0.2, 0.25) is 0 Å². The van der Waals surface area contributed by atoms with E-state index in [9.17, 15) is 4.79 Å². The van der Waals surface area contributed by atoms with Gasteiger partial charge in [0.05, 0.1) is 5.69 Å². The topological polar surface area (TPSA) is 61.6 Å². The molecule has 1 aromatic carbocycles. The summed E-state index contributed by atoms with van der Waals surface area (Å²) in [7, 11) is 0. The number of rotatable bonds is 4.